The third-order valence-corrected chi connectivity index (χ3v) is 7.59. The van der Waals surface area contributed by atoms with Gasteiger partial charge < -0.3 is 9.80 Å². The Labute approximate surface area is 237 Å². The van der Waals surface area contributed by atoms with Crippen molar-refractivity contribution in [2.45, 2.75) is 31.5 Å². The smallest absolute Gasteiger partial charge is 0.337 e. The number of hydrogen-bond donors (Lipinski definition) is 0. The summed E-state index contributed by atoms with van der Waals surface area (Å²) in [5.74, 6) is -1.90. The van der Waals surface area contributed by atoms with Crippen LogP contribution < -0.4 is 4.90 Å². The predicted octanol–water partition coefficient (Wildman–Crippen LogP) is 5.16. The van der Waals surface area contributed by atoms with Gasteiger partial charge in [0.2, 0.25) is 5.91 Å². The molecule has 2 aromatic heterocycles. The molecule has 4 aromatic rings. The minimum Gasteiger partial charge on any atom is -0.337 e. The third-order valence-electron chi connectivity index (χ3n) is 7.59. The molecule has 0 spiro atoms. The van der Waals surface area contributed by atoms with Crippen LogP contribution in [0.2, 0.25) is 0 Å². The van der Waals surface area contributed by atoms with E-state index in [-0.39, 0.29) is 29.8 Å². The van der Waals surface area contributed by atoms with Crippen molar-refractivity contribution >= 4 is 17.5 Å². The molecule has 212 valence electrons. The average molecular weight is 575 g/mol. The second kappa shape index (κ2) is 10.4. The van der Waals surface area contributed by atoms with Gasteiger partial charge in [0.25, 0.3) is 5.91 Å². The molecular weight excluding hydrogens is 552 g/mol. The summed E-state index contributed by atoms with van der Waals surface area (Å²) in [5, 5.41) is 13.7. The lowest BCUT2D eigenvalue weighted by atomic mass is 10.0. The number of fused-ring (bicyclic) bond motifs is 1. The summed E-state index contributed by atoms with van der Waals surface area (Å²) < 4.78 is 55.1. The van der Waals surface area contributed by atoms with Gasteiger partial charge in [0.1, 0.15) is 5.82 Å². The average Bonchev–Trinajstić information content (AvgIpc) is 3.57. The number of carbonyl (C=O) groups is 2. The van der Waals surface area contributed by atoms with Gasteiger partial charge in [-0.3, -0.25) is 14.6 Å². The topological polar surface area (TPSA) is 95.1 Å². The van der Waals surface area contributed by atoms with Crippen LogP contribution in [0.3, 0.4) is 0 Å². The van der Waals surface area contributed by atoms with Crippen LogP contribution >= 0.6 is 0 Å². The molecule has 1 saturated heterocycles. The first kappa shape index (κ1) is 27.1. The number of aromatic nitrogens is 3. The van der Waals surface area contributed by atoms with Gasteiger partial charge in [0.05, 0.1) is 35.0 Å². The van der Waals surface area contributed by atoms with E-state index < -0.39 is 23.5 Å². The van der Waals surface area contributed by atoms with Gasteiger partial charge in [-0.05, 0) is 60.9 Å². The summed E-state index contributed by atoms with van der Waals surface area (Å²) >= 11 is 0. The molecule has 0 saturated carbocycles. The highest BCUT2D eigenvalue weighted by Gasteiger charge is 2.37. The van der Waals surface area contributed by atoms with E-state index in [1.165, 1.54) is 16.9 Å². The van der Waals surface area contributed by atoms with E-state index in [1.807, 2.05) is 0 Å². The highest BCUT2D eigenvalue weighted by molar-refractivity contribution is 6.02. The monoisotopic (exact) mass is 574 g/mol. The van der Waals surface area contributed by atoms with Crippen molar-refractivity contribution in [1.82, 2.24) is 19.7 Å². The minimum atomic E-state index is -4.86. The molecule has 2 aromatic carbocycles. The van der Waals surface area contributed by atoms with Crippen LogP contribution in [0.25, 0.3) is 16.9 Å². The zero-order chi connectivity index (χ0) is 29.6. The van der Waals surface area contributed by atoms with Gasteiger partial charge in [-0.1, -0.05) is 6.07 Å². The molecule has 0 aliphatic carbocycles. The number of carbonyl (C=O) groups excluding carboxylic acids is 2. The van der Waals surface area contributed by atoms with Crippen molar-refractivity contribution in [1.29, 1.82) is 5.26 Å². The molecule has 2 aliphatic heterocycles. The zero-order valence-electron chi connectivity index (χ0n) is 22.0. The van der Waals surface area contributed by atoms with Crippen molar-refractivity contribution in [3.8, 4) is 23.0 Å². The zero-order valence-corrected chi connectivity index (χ0v) is 22.0. The van der Waals surface area contributed by atoms with Crippen molar-refractivity contribution in [3.05, 3.63) is 95.2 Å². The fourth-order valence-corrected chi connectivity index (χ4v) is 5.55. The molecule has 0 N–H and O–H groups in total. The molecule has 2 aliphatic rings. The fraction of sp³-hybridized carbons (Fsp3) is 0.233. The maximum Gasteiger partial charge on any atom is 0.419 e. The number of likely N-dealkylation sites (tertiary alicyclic amines) is 1. The van der Waals surface area contributed by atoms with Crippen LogP contribution in [0, 0.1) is 17.1 Å². The largest absolute Gasteiger partial charge is 0.419 e. The number of amides is 2. The maximum absolute atomic E-state index is 14.5. The van der Waals surface area contributed by atoms with E-state index in [2.05, 4.69) is 16.2 Å². The van der Waals surface area contributed by atoms with Crippen molar-refractivity contribution in [2.75, 3.05) is 18.0 Å². The van der Waals surface area contributed by atoms with Gasteiger partial charge in [0.15, 0.2) is 5.69 Å². The Balaban J connectivity index is 1.25. The third kappa shape index (κ3) is 4.87. The van der Waals surface area contributed by atoms with Crippen LogP contribution in [-0.4, -0.2) is 50.6 Å². The first-order valence-electron chi connectivity index (χ1n) is 13.2. The molecule has 4 heterocycles. The Hall–Kier alpha value is -5.05. The molecule has 0 bridgehead atoms. The van der Waals surface area contributed by atoms with Crippen molar-refractivity contribution in [3.63, 3.8) is 0 Å². The SMILES string of the molecule is N#Cc1ccc2c(c1)N(C1CCN(C(=O)c3cc(-c4cccnc4)n(-c4ccc(C(F)(F)F)c(F)c4)n3)CC1)C(=O)C2. The van der Waals surface area contributed by atoms with Gasteiger partial charge >= 0.3 is 6.18 Å². The lowest BCUT2D eigenvalue weighted by Crippen LogP contribution is -2.48. The number of alkyl halides is 3. The number of nitriles is 1. The quantitative estimate of drug-likeness (QED) is 0.314. The highest BCUT2D eigenvalue weighted by Crippen LogP contribution is 2.35. The first-order valence-corrected chi connectivity index (χ1v) is 13.2. The van der Waals surface area contributed by atoms with Crippen LogP contribution in [0.5, 0.6) is 0 Å². The number of hydrogen-bond acceptors (Lipinski definition) is 5. The van der Waals surface area contributed by atoms with Crippen molar-refractivity contribution < 1.29 is 27.2 Å². The Morgan fingerprint density at radius 3 is 2.50 bits per heavy atom. The van der Waals surface area contributed by atoms with Gasteiger partial charge in [-0.2, -0.15) is 23.5 Å². The molecule has 0 radical (unpaired) electrons. The summed E-state index contributed by atoms with van der Waals surface area (Å²) in [5.41, 5.74) is 1.60. The van der Waals surface area contributed by atoms with Gasteiger partial charge in [0, 0.05) is 48.8 Å². The number of rotatable bonds is 4. The number of benzene rings is 2. The lowest BCUT2D eigenvalue weighted by molar-refractivity contribution is -0.140. The number of piperidine rings is 1. The van der Waals surface area contributed by atoms with E-state index in [0.29, 0.717) is 48.8 Å². The summed E-state index contributed by atoms with van der Waals surface area (Å²) in [6.07, 6.45) is -0.521. The number of anilines is 1. The Bertz CT molecular complexity index is 1740. The lowest BCUT2D eigenvalue weighted by Gasteiger charge is -2.36. The molecule has 12 heteroatoms. The standard InChI is InChI=1S/C30H22F4N6O2/c31-24-14-22(5-6-23(24)30(32,33)34)40-27(20-2-1-9-36-17-20)15-25(37-40)29(42)38-10-7-21(8-11-38)39-26-12-18(16-35)3-4-19(26)13-28(39)41/h1-6,9,12,14-15,17,21H,7-8,10-11,13H2. The normalized spacial score (nSPS) is 15.5. The van der Waals surface area contributed by atoms with Gasteiger partial charge in [-0.15, -0.1) is 0 Å². The molecule has 8 nitrogen and oxygen atoms in total. The molecule has 0 unspecified atom stereocenters. The van der Waals surface area contributed by atoms with Gasteiger partial charge in [-0.25, -0.2) is 9.07 Å². The molecule has 0 atom stereocenters. The Morgan fingerprint density at radius 2 is 1.83 bits per heavy atom. The van der Waals surface area contributed by atoms with Crippen LogP contribution in [-0.2, 0) is 17.4 Å². The molecule has 2 amide bonds. The molecular formula is C30H22F4N6O2. The fourth-order valence-electron chi connectivity index (χ4n) is 5.55. The number of nitrogens with zero attached hydrogens (tertiary/aromatic N) is 6. The Kier molecular flexibility index (Phi) is 6.73. The summed E-state index contributed by atoms with van der Waals surface area (Å²) in [6, 6.07) is 14.5. The van der Waals surface area contributed by atoms with Crippen LogP contribution in [0.1, 0.15) is 40.0 Å². The molecule has 42 heavy (non-hydrogen) atoms. The number of pyridine rings is 1. The van der Waals surface area contributed by atoms with E-state index in [1.54, 1.807) is 46.3 Å². The first-order chi connectivity index (χ1) is 20.1. The van der Waals surface area contributed by atoms with E-state index in [9.17, 15) is 32.4 Å². The summed E-state index contributed by atoms with van der Waals surface area (Å²) in [4.78, 5) is 33.8. The summed E-state index contributed by atoms with van der Waals surface area (Å²) in [6.45, 7) is 0.676. The molecule has 6 rings (SSSR count). The van der Waals surface area contributed by atoms with Crippen molar-refractivity contribution in [2.24, 2.45) is 0 Å². The second-order valence-corrected chi connectivity index (χ2v) is 10.1. The number of halogens is 4. The van der Waals surface area contributed by atoms with E-state index >= 15 is 0 Å². The Morgan fingerprint density at radius 1 is 1.05 bits per heavy atom. The molecule has 1 fully saturated rings. The second-order valence-electron chi connectivity index (χ2n) is 10.1. The van der Waals surface area contributed by atoms with E-state index in [4.69, 9.17) is 0 Å². The van der Waals surface area contributed by atoms with Crippen LogP contribution in [0.15, 0.2) is 67.0 Å². The van der Waals surface area contributed by atoms with Crippen LogP contribution in [0.4, 0.5) is 23.2 Å². The maximum atomic E-state index is 14.5. The van der Waals surface area contributed by atoms with E-state index in [0.717, 1.165) is 23.4 Å². The summed E-state index contributed by atoms with van der Waals surface area (Å²) in [7, 11) is 0. The predicted molar refractivity (Wildman–Crippen MR) is 143 cm³/mol. The minimum absolute atomic E-state index is 0.0139. The highest BCUT2D eigenvalue weighted by atomic mass is 19.4.